The molecule has 2 aromatic carbocycles. The minimum Gasteiger partial charge on any atom is -0.324 e. The van der Waals surface area contributed by atoms with Crippen LogP contribution in [0.1, 0.15) is 25.5 Å². The number of fused-ring (bicyclic) bond motifs is 1. The highest BCUT2D eigenvalue weighted by molar-refractivity contribution is 7.99. The lowest BCUT2D eigenvalue weighted by molar-refractivity contribution is -0.113. The van der Waals surface area contributed by atoms with Gasteiger partial charge in [0.15, 0.2) is 5.16 Å². The number of anilines is 1. The molecule has 0 saturated heterocycles. The van der Waals surface area contributed by atoms with Gasteiger partial charge in [-0.25, -0.2) is 4.98 Å². The maximum atomic E-state index is 12.8. The van der Waals surface area contributed by atoms with Gasteiger partial charge in [0.1, 0.15) is 6.07 Å². The summed E-state index contributed by atoms with van der Waals surface area (Å²) >= 11 is 7.12. The highest BCUT2D eigenvalue weighted by Gasteiger charge is 2.16. The minimum atomic E-state index is -0.318. The number of nitriles is 1. The second-order valence-corrected chi connectivity index (χ2v) is 7.70. The second kappa shape index (κ2) is 8.46. The first-order valence-corrected chi connectivity index (χ1v) is 9.90. The van der Waals surface area contributed by atoms with Gasteiger partial charge in [-0.1, -0.05) is 35.5 Å². The molecule has 3 rings (SSSR count). The fourth-order valence-electron chi connectivity index (χ4n) is 2.72. The standard InChI is InChI=1S/C20H17ClN4O2S/c1-12(2)25-19(27)15-5-3-4-6-16(15)24-20(25)28-11-18(26)23-17-9-14(21)8-7-13(17)10-22/h3-9,12H,11H2,1-2H3,(H,23,26). The third-order valence-corrected chi connectivity index (χ3v) is 5.19. The van der Waals surface area contributed by atoms with Crippen LogP contribution in [0.15, 0.2) is 52.4 Å². The highest BCUT2D eigenvalue weighted by atomic mass is 35.5. The molecule has 0 fully saturated rings. The van der Waals surface area contributed by atoms with Crippen molar-refractivity contribution < 1.29 is 4.79 Å². The summed E-state index contributed by atoms with van der Waals surface area (Å²) in [7, 11) is 0. The van der Waals surface area contributed by atoms with Crippen LogP contribution in [0.4, 0.5) is 5.69 Å². The van der Waals surface area contributed by atoms with Crippen molar-refractivity contribution in [2.75, 3.05) is 11.1 Å². The number of nitrogens with one attached hydrogen (secondary N) is 1. The van der Waals surface area contributed by atoms with E-state index in [0.29, 0.717) is 32.3 Å². The summed E-state index contributed by atoms with van der Waals surface area (Å²) in [6.07, 6.45) is 0. The number of carbonyl (C=O) groups excluding carboxylic acids is 1. The van der Waals surface area contributed by atoms with Crippen molar-refractivity contribution in [3.05, 3.63) is 63.4 Å². The Balaban J connectivity index is 1.85. The van der Waals surface area contributed by atoms with Crippen LogP contribution in [-0.2, 0) is 4.79 Å². The molecule has 1 amide bonds. The monoisotopic (exact) mass is 412 g/mol. The number of halogens is 1. The van der Waals surface area contributed by atoms with Gasteiger partial charge in [0.05, 0.1) is 27.9 Å². The van der Waals surface area contributed by atoms with Gasteiger partial charge in [0.25, 0.3) is 5.56 Å². The van der Waals surface area contributed by atoms with Gasteiger partial charge >= 0.3 is 0 Å². The molecule has 0 radical (unpaired) electrons. The maximum Gasteiger partial charge on any atom is 0.262 e. The van der Waals surface area contributed by atoms with Crippen LogP contribution in [0.5, 0.6) is 0 Å². The molecular weight excluding hydrogens is 396 g/mol. The summed E-state index contributed by atoms with van der Waals surface area (Å²) in [5.74, 6) is -0.281. The Bertz CT molecular complexity index is 1150. The van der Waals surface area contributed by atoms with Crippen LogP contribution in [0, 0.1) is 11.3 Å². The van der Waals surface area contributed by atoms with Gasteiger partial charge in [-0.2, -0.15) is 5.26 Å². The Morgan fingerprint density at radius 1 is 1.32 bits per heavy atom. The average molecular weight is 413 g/mol. The van der Waals surface area contributed by atoms with Crippen molar-refractivity contribution in [3.8, 4) is 6.07 Å². The van der Waals surface area contributed by atoms with Crippen molar-refractivity contribution in [1.82, 2.24) is 9.55 Å². The van der Waals surface area contributed by atoms with E-state index in [1.165, 1.54) is 17.8 Å². The number of carbonyl (C=O) groups is 1. The van der Waals surface area contributed by atoms with E-state index >= 15 is 0 Å². The molecule has 3 aromatic rings. The number of nitrogens with zero attached hydrogens (tertiary/aromatic N) is 3. The fourth-order valence-corrected chi connectivity index (χ4v) is 3.82. The lowest BCUT2D eigenvalue weighted by atomic mass is 10.2. The lowest BCUT2D eigenvalue weighted by Gasteiger charge is -2.16. The van der Waals surface area contributed by atoms with Crippen molar-refractivity contribution in [3.63, 3.8) is 0 Å². The van der Waals surface area contributed by atoms with Gasteiger partial charge in [0.2, 0.25) is 5.91 Å². The molecule has 1 heterocycles. The van der Waals surface area contributed by atoms with Crippen molar-refractivity contribution >= 4 is 45.9 Å². The number of rotatable bonds is 5. The van der Waals surface area contributed by atoms with E-state index in [-0.39, 0.29) is 23.3 Å². The molecule has 0 saturated carbocycles. The molecule has 0 spiro atoms. The fraction of sp³-hybridized carbons (Fsp3) is 0.200. The zero-order chi connectivity index (χ0) is 20.3. The molecule has 6 nitrogen and oxygen atoms in total. The van der Waals surface area contributed by atoms with E-state index < -0.39 is 0 Å². The molecule has 0 aliphatic rings. The summed E-state index contributed by atoms with van der Waals surface area (Å²) in [5, 5.41) is 13.3. The van der Waals surface area contributed by atoms with Crippen molar-refractivity contribution in [2.24, 2.45) is 0 Å². The normalized spacial score (nSPS) is 10.8. The van der Waals surface area contributed by atoms with E-state index in [0.717, 1.165) is 0 Å². The molecule has 0 atom stereocenters. The minimum absolute atomic E-state index is 0.0366. The molecule has 0 bridgehead atoms. The number of hydrogen-bond donors (Lipinski definition) is 1. The van der Waals surface area contributed by atoms with E-state index in [2.05, 4.69) is 10.3 Å². The maximum absolute atomic E-state index is 12.8. The third kappa shape index (κ3) is 4.19. The number of thioether (sulfide) groups is 1. The molecule has 28 heavy (non-hydrogen) atoms. The van der Waals surface area contributed by atoms with Crippen LogP contribution in [0.25, 0.3) is 10.9 Å². The zero-order valence-corrected chi connectivity index (χ0v) is 16.8. The third-order valence-electron chi connectivity index (χ3n) is 4.00. The molecule has 1 aromatic heterocycles. The van der Waals surface area contributed by atoms with E-state index in [1.807, 2.05) is 26.0 Å². The summed E-state index contributed by atoms with van der Waals surface area (Å²) < 4.78 is 1.58. The SMILES string of the molecule is CC(C)n1c(SCC(=O)Nc2cc(Cl)ccc2C#N)nc2ccccc2c1=O. The van der Waals surface area contributed by atoms with Gasteiger partial charge in [0, 0.05) is 11.1 Å². The lowest BCUT2D eigenvalue weighted by Crippen LogP contribution is -2.25. The van der Waals surface area contributed by atoms with Gasteiger partial charge < -0.3 is 5.32 Å². The van der Waals surface area contributed by atoms with Crippen LogP contribution in [-0.4, -0.2) is 21.2 Å². The number of aromatic nitrogens is 2. The first-order valence-electron chi connectivity index (χ1n) is 8.54. The zero-order valence-electron chi connectivity index (χ0n) is 15.3. The first kappa shape index (κ1) is 19.9. The molecule has 0 aliphatic heterocycles. The Labute approximate surface area is 171 Å². The van der Waals surface area contributed by atoms with Crippen LogP contribution < -0.4 is 10.9 Å². The van der Waals surface area contributed by atoms with Crippen LogP contribution in [0.3, 0.4) is 0 Å². The molecule has 1 N–H and O–H groups in total. The second-order valence-electron chi connectivity index (χ2n) is 6.32. The molecule has 8 heteroatoms. The Hall–Kier alpha value is -2.82. The Morgan fingerprint density at radius 2 is 2.07 bits per heavy atom. The number of amides is 1. The number of para-hydroxylation sites is 1. The van der Waals surface area contributed by atoms with Crippen LogP contribution >= 0.6 is 23.4 Å². The first-order chi connectivity index (χ1) is 13.4. The predicted octanol–water partition coefficient (Wildman–Crippen LogP) is 4.23. The summed E-state index contributed by atoms with van der Waals surface area (Å²) in [6, 6.07) is 13.7. The topological polar surface area (TPSA) is 87.8 Å². The summed E-state index contributed by atoms with van der Waals surface area (Å²) in [4.78, 5) is 29.8. The van der Waals surface area contributed by atoms with Crippen molar-refractivity contribution in [1.29, 1.82) is 5.26 Å². The van der Waals surface area contributed by atoms with Gasteiger partial charge in [-0.05, 0) is 44.2 Å². The predicted molar refractivity (Wildman–Crippen MR) is 112 cm³/mol. The summed E-state index contributed by atoms with van der Waals surface area (Å²) in [6.45, 7) is 3.79. The Morgan fingerprint density at radius 3 is 2.79 bits per heavy atom. The molecular formula is C20H17ClN4O2S. The molecule has 0 aliphatic carbocycles. The quantitative estimate of drug-likeness (QED) is 0.500. The number of benzene rings is 2. The van der Waals surface area contributed by atoms with Crippen LogP contribution in [0.2, 0.25) is 5.02 Å². The highest BCUT2D eigenvalue weighted by Crippen LogP contribution is 2.23. The van der Waals surface area contributed by atoms with Gasteiger partial charge in [-0.15, -0.1) is 0 Å². The summed E-state index contributed by atoms with van der Waals surface area (Å²) in [5.41, 5.74) is 1.14. The molecule has 142 valence electrons. The number of hydrogen-bond acceptors (Lipinski definition) is 5. The smallest absolute Gasteiger partial charge is 0.262 e. The van der Waals surface area contributed by atoms with E-state index in [1.54, 1.807) is 34.9 Å². The van der Waals surface area contributed by atoms with Gasteiger partial charge in [-0.3, -0.25) is 14.2 Å². The average Bonchev–Trinajstić information content (AvgIpc) is 2.66. The Kier molecular flexibility index (Phi) is 6.02. The van der Waals surface area contributed by atoms with E-state index in [4.69, 9.17) is 16.9 Å². The largest absolute Gasteiger partial charge is 0.324 e. The van der Waals surface area contributed by atoms with Crippen molar-refractivity contribution in [2.45, 2.75) is 25.0 Å². The molecule has 0 unspecified atom stereocenters. The van der Waals surface area contributed by atoms with E-state index in [9.17, 15) is 9.59 Å².